The predicted molar refractivity (Wildman–Crippen MR) is 95.5 cm³/mol. The molecular weight excluding hydrogens is 432 g/mol. The third-order valence-corrected chi connectivity index (χ3v) is 5.16. The zero-order valence-electron chi connectivity index (χ0n) is 16.2. The van der Waals surface area contributed by atoms with Gasteiger partial charge in [0.1, 0.15) is 5.75 Å². The molecule has 1 N–H and O–H groups in total. The molecule has 2 aromatic rings. The fourth-order valence-corrected chi connectivity index (χ4v) is 3.43. The van der Waals surface area contributed by atoms with Gasteiger partial charge in [0.2, 0.25) is 5.60 Å². The number of alkyl halides is 6. The molecule has 1 aliphatic rings. The Morgan fingerprint density at radius 1 is 1.06 bits per heavy atom. The van der Waals surface area contributed by atoms with Crippen LogP contribution < -0.4 is 4.74 Å². The lowest BCUT2D eigenvalue weighted by atomic mass is 9.92. The van der Waals surface area contributed by atoms with Crippen molar-refractivity contribution in [1.29, 1.82) is 0 Å². The molecule has 31 heavy (non-hydrogen) atoms. The molecular formula is C19H19F6N3O3. The Balaban J connectivity index is 1.69. The van der Waals surface area contributed by atoms with Crippen molar-refractivity contribution in [2.24, 2.45) is 0 Å². The number of nitrogens with zero attached hydrogens (tertiary/aromatic N) is 3. The largest absolute Gasteiger partial charge is 0.573 e. The fourth-order valence-electron chi connectivity index (χ4n) is 3.43. The van der Waals surface area contributed by atoms with Gasteiger partial charge in [-0.3, -0.25) is 4.79 Å². The highest BCUT2D eigenvalue weighted by molar-refractivity contribution is 5.85. The van der Waals surface area contributed by atoms with Crippen LogP contribution in [0.4, 0.5) is 26.3 Å². The maximum Gasteiger partial charge on any atom is 0.573 e. The molecule has 3 rings (SSSR count). The number of aromatic nitrogens is 2. The summed E-state index contributed by atoms with van der Waals surface area (Å²) < 4.78 is 81.0. The minimum Gasteiger partial charge on any atom is -0.406 e. The molecule has 0 radical (unpaired) electrons. The van der Waals surface area contributed by atoms with E-state index in [9.17, 15) is 36.2 Å². The third-order valence-electron chi connectivity index (χ3n) is 5.16. The molecule has 1 amide bonds. The lowest BCUT2D eigenvalue weighted by Gasteiger charge is -2.36. The summed E-state index contributed by atoms with van der Waals surface area (Å²) in [5.74, 6) is -1.92. The van der Waals surface area contributed by atoms with Crippen LogP contribution in [0.5, 0.6) is 5.75 Å². The van der Waals surface area contributed by atoms with Gasteiger partial charge in [0.25, 0.3) is 5.91 Å². The van der Waals surface area contributed by atoms with Crippen molar-refractivity contribution in [3.8, 4) is 11.4 Å². The van der Waals surface area contributed by atoms with Crippen molar-refractivity contribution >= 4 is 5.91 Å². The van der Waals surface area contributed by atoms with Crippen LogP contribution in [-0.2, 0) is 4.79 Å². The molecule has 0 aliphatic carbocycles. The predicted octanol–water partition coefficient (Wildman–Crippen LogP) is 3.79. The number of amides is 1. The molecule has 12 heteroatoms. The van der Waals surface area contributed by atoms with E-state index in [1.165, 1.54) is 23.0 Å². The Bertz CT molecular complexity index is 913. The molecule has 0 saturated carbocycles. The highest BCUT2D eigenvalue weighted by Crippen LogP contribution is 2.35. The van der Waals surface area contributed by atoms with Gasteiger partial charge in [-0.1, -0.05) is 0 Å². The van der Waals surface area contributed by atoms with Crippen LogP contribution in [0.25, 0.3) is 5.69 Å². The second kappa shape index (κ2) is 8.06. The van der Waals surface area contributed by atoms with Crippen LogP contribution in [0.15, 0.2) is 36.5 Å². The first kappa shape index (κ1) is 22.9. The van der Waals surface area contributed by atoms with E-state index in [4.69, 9.17) is 0 Å². The molecule has 1 saturated heterocycles. The molecule has 0 unspecified atom stereocenters. The van der Waals surface area contributed by atoms with Crippen LogP contribution in [-0.4, -0.2) is 56.9 Å². The zero-order valence-corrected chi connectivity index (χ0v) is 16.2. The van der Waals surface area contributed by atoms with Gasteiger partial charge in [-0.25, -0.2) is 4.68 Å². The number of piperidine rings is 1. The third kappa shape index (κ3) is 4.94. The first-order valence-corrected chi connectivity index (χ1v) is 9.28. The van der Waals surface area contributed by atoms with Crippen molar-refractivity contribution in [2.75, 3.05) is 13.1 Å². The van der Waals surface area contributed by atoms with Crippen LogP contribution in [0.1, 0.15) is 31.4 Å². The number of aliphatic hydroxyl groups is 1. The summed E-state index contributed by atoms with van der Waals surface area (Å²) in [6.07, 6.45) is -7.72. The summed E-state index contributed by atoms with van der Waals surface area (Å²) in [5, 5.41) is 13.8. The van der Waals surface area contributed by atoms with Gasteiger partial charge in [0.05, 0.1) is 5.69 Å². The van der Waals surface area contributed by atoms with E-state index in [0.29, 0.717) is 31.1 Å². The van der Waals surface area contributed by atoms with Crippen LogP contribution in [0.2, 0.25) is 0 Å². The molecule has 6 nitrogen and oxygen atoms in total. The second-order valence-electron chi connectivity index (χ2n) is 7.35. The Hall–Kier alpha value is -2.76. The SMILES string of the molecule is C[C@@](O)(C(=O)N1CCC(c2ccnn2-c2ccc(OC(F)(F)F)cc2)CC1)C(F)(F)F. The van der Waals surface area contributed by atoms with Gasteiger partial charge in [0.15, 0.2) is 0 Å². The molecule has 0 bridgehead atoms. The summed E-state index contributed by atoms with van der Waals surface area (Å²) >= 11 is 0. The standard InChI is InChI=1S/C19H19F6N3O3/c1-17(30,18(20,21)22)16(29)27-10-7-12(8-11-27)15-6-9-26-28(15)13-2-4-14(5-3-13)31-19(23,24)25/h2-6,9,12,30H,7-8,10-11H2,1H3/t17-/m1/s1. The lowest BCUT2D eigenvalue weighted by Crippen LogP contribution is -2.57. The number of rotatable bonds is 4. The Morgan fingerprint density at radius 3 is 2.16 bits per heavy atom. The van der Waals surface area contributed by atoms with E-state index in [1.54, 1.807) is 6.07 Å². The van der Waals surface area contributed by atoms with Crippen LogP contribution in [0, 0.1) is 0 Å². The number of carbonyl (C=O) groups excluding carboxylic acids is 1. The molecule has 2 heterocycles. The monoisotopic (exact) mass is 451 g/mol. The quantitative estimate of drug-likeness (QED) is 0.719. The number of halogens is 6. The fraction of sp³-hybridized carbons (Fsp3) is 0.474. The summed E-state index contributed by atoms with van der Waals surface area (Å²) in [7, 11) is 0. The summed E-state index contributed by atoms with van der Waals surface area (Å²) in [6.45, 7) is 0.460. The lowest BCUT2D eigenvalue weighted by molar-refractivity contribution is -0.274. The number of hydrogen-bond donors (Lipinski definition) is 1. The molecule has 1 aliphatic heterocycles. The summed E-state index contributed by atoms with van der Waals surface area (Å²) in [6, 6.07) is 6.80. The molecule has 1 aromatic heterocycles. The average Bonchev–Trinajstić information content (AvgIpc) is 3.16. The smallest absolute Gasteiger partial charge is 0.406 e. The van der Waals surface area contributed by atoms with Crippen molar-refractivity contribution in [2.45, 2.75) is 43.8 Å². The highest BCUT2D eigenvalue weighted by Gasteiger charge is 2.57. The maximum atomic E-state index is 12.9. The summed E-state index contributed by atoms with van der Waals surface area (Å²) in [5.41, 5.74) is -2.27. The van der Waals surface area contributed by atoms with E-state index < -0.39 is 24.0 Å². The normalized spacial score (nSPS) is 18.0. The van der Waals surface area contributed by atoms with E-state index in [-0.39, 0.29) is 24.8 Å². The van der Waals surface area contributed by atoms with Gasteiger partial charge < -0.3 is 14.7 Å². The molecule has 1 aromatic carbocycles. The van der Waals surface area contributed by atoms with Crippen LogP contribution in [0.3, 0.4) is 0 Å². The molecule has 1 atom stereocenters. The molecule has 1 fully saturated rings. The number of benzene rings is 1. The Morgan fingerprint density at radius 2 is 1.65 bits per heavy atom. The van der Waals surface area contributed by atoms with Crippen molar-refractivity contribution in [3.63, 3.8) is 0 Å². The molecule has 0 spiro atoms. The maximum absolute atomic E-state index is 12.9. The topological polar surface area (TPSA) is 67.6 Å². The van der Waals surface area contributed by atoms with Gasteiger partial charge in [-0.15, -0.1) is 13.2 Å². The van der Waals surface area contributed by atoms with Crippen LogP contribution >= 0.6 is 0 Å². The number of ether oxygens (including phenoxy) is 1. The highest BCUT2D eigenvalue weighted by atomic mass is 19.4. The van der Waals surface area contributed by atoms with Crippen molar-refractivity contribution < 1.29 is 41.0 Å². The summed E-state index contributed by atoms with van der Waals surface area (Å²) in [4.78, 5) is 13.1. The van der Waals surface area contributed by atoms with E-state index in [2.05, 4.69) is 9.84 Å². The van der Waals surface area contributed by atoms with E-state index in [0.717, 1.165) is 17.0 Å². The number of carbonyl (C=O) groups is 1. The van der Waals surface area contributed by atoms with E-state index >= 15 is 0 Å². The van der Waals surface area contributed by atoms with Gasteiger partial charge in [-0.2, -0.15) is 18.3 Å². The number of hydrogen-bond acceptors (Lipinski definition) is 4. The van der Waals surface area contributed by atoms with Crippen molar-refractivity contribution in [1.82, 2.24) is 14.7 Å². The Kier molecular flexibility index (Phi) is 5.96. The first-order valence-electron chi connectivity index (χ1n) is 9.28. The molecule has 170 valence electrons. The first-order chi connectivity index (χ1) is 14.3. The zero-order chi connectivity index (χ0) is 23.0. The average molecular weight is 451 g/mol. The van der Waals surface area contributed by atoms with Gasteiger partial charge in [-0.05, 0) is 50.1 Å². The van der Waals surface area contributed by atoms with Gasteiger partial charge in [0, 0.05) is 30.9 Å². The Labute approximate surface area is 173 Å². The van der Waals surface area contributed by atoms with Gasteiger partial charge >= 0.3 is 12.5 Å². The van der Waals surface area contributed by atoms with E-state index in [1.807, 2.05) is 0 Å². The minimum absolute atomic E-state index is 0.0132. The minimum atomic E-state index is -5.08. The number of likely N-dealkylation sites (tertiary alicyclic amines) is 1. The van der Waals surface area contributed by atoms with Crippen molar-refractivity contribution in [3.05, 3.63) is 42.2 Å². The second-order valence-corrected chi connectivity index (χ2v) is 7.35.